The molecule has 0 aliphatic carbocycles. The van der Waals surface area contributed by atoms with Gasteiger partial charge in [0.1, 0.15) is 5.75 Å². The highest BCUT2D eigenvalue weighted by Crippen LogP contribution is 2.24. The van der Waals surface area contributed by atoms with E-state index in [1.54, 1.807) is 6.07 Å². The fraction of sp³-hybridized carbons (Fsp3) is 0.571. The quantitative estimate of drug-likeness (QED) is 0.835. The molecular weight excluding hydrogens is 212 g/mol. The number of phenolic OH excluding ortho intramolecular Hbond substituents is 1. The summed E-state index contributed by atoms with van der Waals surface area (Å²) < 4.78 is 0. The zero-order valence-electron chi connectivity index (χ0n) is 10.7. The van der Waals surface area contributed by atoms with Gasteiger partial charge in [-0.2, -0.15) is 0 Å². The lowest BCUT2D eigenvalue weighted by Gasteiger charge is -2.24. The van der Waals surface area contributed by atoms with Gasteiger partial charge < -0.3 is 10.4 Å². The van der Waals surface area contributed by atoms with E-state index in [0.29, 0.717) is 11.8 Å². The van der Waals surface area contributed by atoms with Gasteiger partial charge in [-0.05, 0) is 39.4 Å². The van der Waals surface area contributed by atoms with Gasteiger partial charge in [0.15, 0.2) is 0 Å². The van der Waals surface area contributed by atoms with E-state index >= 15 is 0 Å². The Morgan fingerprint density at radius 1 is 1.47 bits per heavy atom. The van der Waals surface area contributed by atoms with Gasteiger partial charge in [-0.25, -0.2) is 0 Å². The van der Waals surface area contributed by atoms with Crippen molar-refractivity contribution in [2.24, 2.45) is 0 Å². The first-order chi connectivity index (χ1) is 8.20. The summed E-state index contributed by atoms with van der Waals surface area (Å²) in [6.07, 6.45) is 2.52. The molecule has 0 aromatic heterocycles. The summed E-state index contributed by atoms with van der Waals surface area (Å²) in [5.74, 6) is 0.422. The second kappa shape index (κ2) is 5.52. The van der Waals surface area contributed by atoms with Crippen molar-refractivity contribution in [3.8, 4) is 5.75 Å². The van der Waals surface area contributed by atoms with E-state index in [2.05, 4.69) is 23.2 Å². The molecule has 1 aromatic carbocycles. The van der Waals surface area contributed by atoms with Gasteiger partial charge in [0, 0.05) is 24.7 Å². The van der Waals surface area contributed by atoms with E-state index in [9.17, 15) is 5.11 Å². The summed E-state index contributed by atoms with van der Waals surface area (Å²) in [6, 6.07) is 6.45. The standard InChI is InChI=1S/C14H22N2O/c1-11-5-6-14(17)12(8-11)10-16-7-3-4-13(16)9-15-2/h5-6,8,13,15,17H,3-4,7,9-10H2,1-2H3. The predicted molar refractivity (Wildman–Crippen MR) is 70.2 cm³/mol. The Balaban J connectivity index is 2.06. The molecule has 94 valence electrons. The van der Waals surface area contributed by atoms with Gasteiger partial charge in [-0.1, -0.05) is 17.7 Å². The molecule has 0 bridgehead atoms. The van der Waals surface area contributed by atoms with E-state index in [1.165, 1.54) is 18.4 Å². The average Bonchev–Trinajstić information content (AvgIpc) is 2.72. The van der Waals surface area contributed by atoms with Gasteiger partial charge in [0.05, 0.1) is 0 Å². The lowest BCUT2D eigenvalue weighted by atomic mass is 10.1. The van der Waals surface area contributed by atoms with Crippen LogP contribution in [0.2, 0.25) is 0 Å². The fourth-order valence-electron chi connectivity index (χ4n) is 2.63. The van der Waals surface area contributed by atoms with E-state index in [1.807, 2.05) is 13.1 Å². The number of nitrogens with zero attached hydrogens (tertiary/aromatic N) is 1. The smallest absolute Gasteiger partial charge is 0.120 e. The van der Waals surface area contributed by atoms with Crippen molar-refractivity contribution in [1.29, 1.82) is 0 Å². The van der Waals surface area contributed by atoms with Crippen molar-refractivity contribution in [2.75, 3.05) is 20.1 Å². The Morgan fingerprint density at radius 2 is 2.29 bits per heavy atom. The topological polar surface area (TPSA) is 35.5 Å². The van der Waals surface area contributed by atoms with Crippen LogP contribution in [0.1, 0.15) is 24.0 Å². The molecule has 3 nitrogen and oxygen atoms in total. The number of aryl methyl sites for hydroxylation is 1. The Bertz CT molecular complexity index is 378. The van der Waals surface area contributed by atoms with Crippen LogP contribution in [0.3, 0.4) is 0 Å². The minimum Gasteiger partial charge on any atom is -0.508 e. The summed E-state index contributed by atoms with van der Waals surface area (Å²) in [5.41, 5.74) is 2.26. The van der Waals surface area contributed by atoms with Crippen molar-refractivity contribution in [2.45, 2.75) is 32.4 Å². The molecule has 1 aromatic rings. The lowest BCUT2D eigenvalue weighted by Crippen LogP contribution is -2.36. The zero-order chi connectivity index (χ0) is 12.3. The highest BCUT2D eigenvalue weighted by molar-refractivity contribution is 5.35. The second-order valence-corrected chi connectivity index (χ2v) is 4.96. The third kappa shape index (κ3) is 2.99. The average molecular weight is 234 g/mol. The van der Waals surface area contributed by atoms with E-state index in [4.69, 9.17) is 0 Å². The highest BCUT2D eigenvalue weighted by atomic mass is 16.3. The maximum absolute atomic E-state index is 9.87. The number of aromatic hydroxyl groups is 1. The molecule has 1 aliphatic rings. The molecular formula is C14H22N2O. The number of benzene rings is 1. The number of likely N-dealkylation sites (tertiary alicyclic amines) is 1. The first-order valence-electron chi connectivity index (χ1n) is 6.38. The third-order valence-electron chi connectivity index (χ3n) is 3.55. The van der Waals surface area contributed by atoms with Crippen LogP contribution in [0.4, 0.5) is 0 Å². The van der Waals surface area contributed by atoms with Crippen LogP contribution in [0.5, 0.6) is 5.75 Å². The molecule has 1 unspecified atom stereocenters. The minimum atomic E-state index is 0.422. The first-order valence-corrected chi connectivity index (χ1v) is 6.38. The van der Waals surface area contributed by atoms with E-state index in [-0.39, 0.29) is 0 Å². The van der Waals surface area contributed by atoms with Crippen LogP contribution in [0, 0.1) is 6.92 Å². The third-order valence-corrected chi connectivity index (χ3v) is 3.55. The van der Waals surface area contributed by atoms with Gasteiger partial charge >= 0.3 is 0 Å². The number of hydrogen-bond donors (Lipinski definition) is 2. The monoisotopic (exact) mass is 234 g/mol. The van der Waals surface area contributed by atoms with Gasteiger partial charge in [0.25, 0.3) is 0 Å². The molecule has 1 saturated heterocycles. The number of likely N-dealkylation sites (N-methyl/N-ethyl adjacent to an activating group) is 1. The molecule has 3 heteroatoms. The van der Waals surface area contributed by atoms with Crippen LogP contribution in [0.15, 0.2) is 18.2 Å². The Morgan fingerprint density at radius 3 is 3.06 bits per heavy atom. The number of phenols is 1. The van der Waals surface area contributed by atoms with Crippen molar-refractivity contribution in [3.05, 3.63) is 29.3 Å². The molecule has 2 rings (SSSR count). The second-order valence-electron chi connectivity index (χ2n) is 4.96. The van der Waals surface area contributed by atoms with Crippen molar-refractivity contribution < 1.29 is 5.11 Å². The van der Waals surface area contributed by atoms with Crippen LogP contribution in [-0.2, 0) is 6.54 Å². The largest absolute Gasteiger partial charge is 0.508 e. The zero-order valence-corrected chi connectivity index (χ0v) is 10.7. The molecule has 0 spiro atoms. The summed E-state index contributed by atoms with van der Waals surface area (Å²) in [6.45, 7) is 5.10. The van der Waals surface area contributed by atoms with E-state index in [0.717, 1.165) is 25.2 Å². The Labute approximate surface area is 103 Å². The van der Waals surface area contributed by atoms with Crippen molar-refractivity contribution >= 4 is 0 Å². The lowest BCUT2D eigenvalue weighted by molar-refractivity contribution is 0.239. The van der Waals surface area contributed by atoms with Crippen LogP contribution in [0.25, 0.3) is 0 Å². The number of hydrogen-bond acceptors (Lipinski definition) is 3. The van der Waals surface area contributed by atoms with Crippen LogP contribution >= 0.6 is 0 Å². The molecule has 17 heavy (non-hydrogen) atoms. The summed E-state index contributed by atoms with van der Waals surface area (Å²) >= 11 is 0. The van der Waals surface area contributed by atoms with E-state index < -0.39 is 0 Å². The number of rotatable bonds is 4. The maximum atomic E-state index is 9.87. The maximum Gasteiger partial charge on any atom is 0.120 e. The normalized spacial score (nSPS) is 20.9. The minimum absolute atomic E-state index is 0.422. The molecule has 1 fully saturated rings. The first kappa shape index (κ1) is 12.4. The fourth-order valence-corrected chi connectivity index (χ4v) is 2.63. The number of nitrogens with one attached hydrogen (secondary N) is 1. The van der Waals surface area contributed by atoms with Crippen LogP contribution < -0.4 is 5.32 Å². The van der Waals surface area contributed by atoms with Crippen LogP contribution in [-0.4, -0.2) is 36.2 Å². The predicted octanol–water partition coefficient (Wildman–Crippen LogP) is 1.88. The Hall–Kier alpha value is -1.06. The van der Waals surface area contributed by atoms with Gasteiger partial charge in [0.2, 0.25) is 0 Å². The summed E-state index contributed by atoms with van der Waals surface area (Å²) in [7, 11) is 2.00. The molecule has 1 atom stereocenters. The van der Waals surface area contributed by atoms with Crippen molar-refractivity contribution in [1.82, 2.24) is 10.2 Å². The van der Waals surface area contributed by atoms with Gasteiger partial charge in [-0.3, -0.25) is 4.90 Å². The molecule has 1 heterocycles. The molecule has 1 aliphatic heterocycles. The molecule has 0 amide bonds. The van der Waals surface area contributed by atoms with Gasteiger partial charge in [-0.15, -0.1) is 0 Å². The SMILES string of the molecule is CNCC1CCCN1Cc1cc(C)ccc1O. The van der Waals surface area contributed by atoms with Crippen molar-refractivity contribution in [3.63, 3.8) is 0 Å². The summed E-state index contributed by atoms with van der Waals surface area (Å²) in [5, 5.41) is 13.1. The molecule has 2 N–H and O–H groups in total. The highest BCUT2D eigenvalue weighted by Gasteiger charge is 2.24. The molecule has 0 radical (unpaired) electrons. The summed E-state index contributed by atoms with van der Waals surface area (Å²) in [4.78, 5) is 2.46. The Kier molecular flexibility index (Phi) is 4.02. The molecule has 0 saturated carbocycles.